The number of hydrogen-bond donors (Lipinski definition) is 3. The standard InChI is InChI=1S/C21H24N2O3/c24-18(20-15-17-10-4-5-11-19(17)26-20)12-14-23-21(25)22-13-6-9-16-7-2-1-3-8-16/h1-5,7-8,10-11,15,18,24H,6,9,12-14H2,(H2,22,23,25)/t18-/m0/s1. The maximum atomic E-state index is 11.8. The van der Waals surface area contributed by atoms with Crippen molar-refractivity contribution >= 4 is 17.0 Å². The van der Waals surface area contributed by atoms with E-state index in [0.717, 1.165) is 23.8 Å². The topological polar surface area (TPSA) is 74.5 Å². The van der Waals surface area contributed by atoms with Crippen molar-refractivity contribution in [2.45, 2.75) is 25.4 Å². The molecule has 0 aliphatic rings. The van der Waals surface area contributed by atoms with Crippen molar-refractivity contribution in [3.63, 3.8) is 0 Å². The highest BCUT2D eigenvalue weighted by molar-refractivity contribution is 5.77. The van der Waals surface area contributed by atoms with Crippen molar-refractivity contribution in [3.05, 3.63) is 72.0 Å². The lowest BCUT2D eigenvalue weighted by Crippen LogP contribution is -2.37. The second-order valence-electron chi connectivity index (χ2n) is 6.26. The number of aliphatic hydroxyl groups is 1. The summed E-state index contributed by atoms with van der Waals surface area (Å²) in [7, 11) is 0. The lowest BCUT2D eigenvalue weighted by Gasteiger charge is -2.10. The number of fused-ring (bicyclic) bond motifs is 1. The summed E-state index contributed by atoms with van der Waals surface area (Å²) in [6, 6.07) is 19.4. The van der Waals surface area contributed by atoms with Gasteiger partial charge in [0.2, 0.25) is 0 Å². The largest absolute Gasteiger partial charge is 0.458 e. The van der Waals surface area contributed by atoms with Crippen LogP contribution in [0.15, 0.2) is 65.1 Å². The number of hydrogen-bond acceptors (Lipinski definition) is 3. The molecule has 26 heavy (non-hydrogen) atoms. The van der Waals surface area contributed by atoms with Gasteiger partial charge in [-0.3, -0.25) is 0 Å². The van der Waals surface area contributed by atoms with Crippen LogP contribution in [0.25, 0.3) is 11.0 Å². The zero-order valence-corrected chi connectivity index (χ0v) is 14.7. The van der Waals surface area contributed by atoms with Gasteiger partial charge in [0.05, 0.1) is 0 Å². The summed E-state index contributed by atoms with van der Waals surface area (Å²) in [6.07, 6.45) is 1.49. The van der Waals surface area contributed by atoms with E-state index in [1.54, 1.807) is 0 Å². The van der Waals surface area contributed by atoms with Crippen molar-refractivity contribution in [1.29, 1.82) is 0 Å². The normalized spacial score (nSPS) is 12.0. The van der Waals surface area contributed by atoms with Crippen molar-refractivity contribution < 1.29 is 14.3 Å². The number of nitrogens with one attached hydrogen (secondary N) is 2. The fraction of sp³-hybridized carbons (Fsp3) is 0.286. The van der Waals surface area contributed by atoms with E-state index >= 15 is 0 Å². The maximum absolute atomic E-state index is 11.8. The van der Waals surface area contributed by atoms with Crippen LogP contribution in [-0.2, 0) is 6.42 Å². The van der Waals surface area contributed by atoms with Gasteiger partial charge in [-0.1, -0.05) is 48.5 Å². The van der Waals surface area contributed by atoms with E-state index in [4.69, 9.17) is 4.42 Å². The SMILES string of the molecule is O=C(NCCCc1ccccc1)NCC[C@H](O)c1cc2ccccc2o1. The summed E-state index contributed by atoms with van der Waals surface area (Å²) in [5.74, 6) is 0.524. The molecular weight excluding hydrogens is 328 g/mol. The first-order chi connectivity index (χ1) is 12.7. The van der Waals surface area contributed by atoms with Gasteiger partial charge in [0.1, 0.15) is 17.4 Å². The van der Waals surface area contributed by atoms with Gasteiger partial charge in [-0.05, 0) is 37.0 Å². The summed E-state index contributed by atoms with van der Waals surface area (Å²) in [5.41, 5.74) is 2.02. The zero-order chi connectivity index (χ0) is 18.2. The highest BCUT2D eigenvalue weighted by Crippen LogP contribution is 2.25. The van der Waals surface area contributed by atoms with Gasteiger partial charge in [0.15, 0.2) is 0 Å². The molecule has 2 aromatic carbocycles. The molecule has 1 heterocycles. The van der Waals surface area contributed by atoms with Crippen LogP contribution in [0.5, 0.6) is 0 Å². The Balaban J connectivity index is 1.33. The lowest BCUT2D eigenvalue weighted by atomic mass is 10.1. The van der Waals surface area contributed by atoms with E-state index in [0.29, 0.717) is 25.3 Å². The predicted octanol–water partition coefficient (Wildman–Crippen LogP) is 3.79. The number of aryl methyl sites for hydroxylation is 1. The molecule has 0 spiro atoms. The molecule has 0 bridgehead atoms. The van der Waals surface area contributed by atoms with Crippen molar-refractivity contribution in [2.24, 2.45) is 0 Å². The number of benzene rings is 2. The minimum absolute atomic E-state index is 0.213. The molecule has 5 heteroatoms. The minimum Gasteiger partial charge on any atom is -0.458 e. The molecule has 1 aromatic heterocycles. The number of furan rings is 1. The van der Waals surface area contributed by atoms with Gasteiger partial charge in [0, 0.05) is 18.5 Å². The minimum atomic E-state index is -0.735. The first-order valence-corrected chi connectivity index (χ1v) is 8.94. The number of aliphatic hydroxyl groups excluding tert-OH is 1. The quantitative estimate of drug-likeness (QED) is 0.540. The summed E-state index contributed by atoms with van der Waals surface area (Å²) < 4.78 is 5.63. The highest BCUT2D eigenvalue weighted by Gasteiger charge is 2.13. The summed E-state index contributed by atoms with van der Waals surface area (Å²) >= 11 is 0. The van der Waals surface area contributed by atoms with Crippen LogP contribution < -0.4 is 10.6 Å². The Hall–Kier alpha value is -2.79. The van der Waals surface area contributed by atoms with Gasteiger partial charge >= 0.3 is 6.03 Å². The van der Waals surface area contributed by atoms with E-state index in [9.17, 15) is 9.90 Å². The molecule has 3 N–H and O–H groups in total. The van der Waals surface area contributed by atoms with Gasteiger partial charge in [-0.25, -0.2) is 4.79 Å². The molecule has 0 aliphatic heterocycles. The van der Waals surface area contributed by atoms with Crippen LogP contribution in [-0.4, -0.2) is 24.2 Å². The Morgan fingerprint density at radius 2 is 1.73 bits per heavy atom. The first-order valence-electron chi connectivity index (χ1n) is 8.94. The van der Waals surface area contributed by atoms with E-state index < -0.39 is 6.10 Å². The third-order valence-corrected chi connectivity index (χ3v) is 4.25. The second-order valence-corrected chi connectivity index (χ2v) is 6.26. The first kappa shape index (κ1) is 18.0. The monoisotopic (exact) mass is 352 g/mol. The Morgan fingerprint density at radius 1 is 1.00 bits per heavy atom. The van der Waals surface area contributed by atoms with E-state index in [1.165, 1.54) is 5.56 Å². The number of para-hydroxylation sites is 1. The summed E-state index contributed by atoms with van der Waals surface area (Å²) in [6.45, 7) is 0.996. The zero-order valence-electron chi connectivity index (χ0n) is 14.7. The molecule has 3 rings (SSSR count). The highest BCUT2D eigenvalue weighted by atomic mass is 16.4. The molecule has 0 radical (unpaired) electrons. The van der Waals surface area contributed by atoms with Crippen molar-refractivity contribution in [2.75, 3.05) is 13.1 Å². The Labute approximate surface area is 153 Å². The van der Waals surface area contributed by atoms with E-state index in [-0.39, 0.29) is 6.03 Å². The van der Waals surface area contributed by atoms with Crippen LogP contribution in [0, 0.1) is 0 Å². The summed E-state index contributed by atoms with van der Waals surface area (Å²) in [5, 5.41) is 16.8. The molecule has 5 nitrogen and oxygen atoms in total. The van der Waals surface area contributed by atoms with Crippen LogP contribution in [0.4, 0.5) is 4.79 Å². The predicted molar refractivity (Wildman–Crippen MR) is 102 cm³/mol. The smallest absolute Gasteiger partial charge is 0.314 e. The Bertz CT molecular complexity index is 796. The van der Waals surface area contributed by atoms with Gasteiger partial charge < -0.3 is 20.2 Å². The Kier molecular flexibility index (Phi) is 6.28. The van der Waals surface area contributed by atoms with Crippen molar-refractivity contribution in [1.82, 2.24) is 10.6 Å². The van der Waals surface area contributed by atoms with E-state index in [1.807, 2.05) is 48.5 Å². The van der Waals surface area contributed by atoms with Gasteiger partial charge in [-0.2, -0.15) is 0 Å². The average molecular weight is 352 g/mol. The Morgan fingerprint density at radius 3 is 2.54 bits per heavy atom. The number of carbonyl (C=O) groups is 1. The van der Waals surface area contributed by atoms with E-state index in [2.05, 4.69) is 22.8 Å². The van der Waals surface area contributed by atoms with Crippen molar-refractivity contribution in [3.8, 4) is 0 Å². The molecule has 3 aromatic rings. The number of rotatable bonds is 8. The third kappa shape index (κ3) is 5.10. The summed E-state index contributed by atoms with van der Waals surface area (Å²) in [4.78, 5) is 11.8. The van der Waals surface area contributed by atoms with Gasteiger partial charge in [-0.15, -0.1) is 0 Å². The molecule has 1 atom stereocenters. The number of amides is 2. The van der Waals surface area contributed by atoms with Crippen LogP contribution in [0.2, 0.25) is 0 Å². The molecule has 0 fully saturated rings. The number of urea groups is 1. The van der Waals surface area contributed by atoms with Crippen LogP contribution >= 0.6 is 0 Å². The van der Waals surface area contributed by atoms with Crippen LogP contribution in [0.1, 0.15) is 30.3 Å². The fourth-order valence-corrected chi connectivity index (χ4v) is 2.83. The second kappa shape index (κ2) is 9.06. The average Bonchev–Trinajstić information content (AvgIpc) is 3.10. The molecule has 0 aliphatic carbocycles. The molecule has 0 unspecified atom stereocenters. The number of carbonyl (C=O) groups excluding carboxylic acids is 1. The maximum Gasteiger partial charge on any atom is 0.314 e. The molecule has 2 amide bonds. The molecule has 0 saturated heterocycles. The molecular formula is C21H24N2O3. The third-order valence-electron chi connectivity index (χ3n) is 4.25. The fourth-order valence-electron chi connectivity index (χ4n) is 2.83. The van der Waals surface area contributed by atoms with Gasteiger partial charge in [0.25, 0.3) is 0 Å². The lowest BCUT2D eigenvalue weighted by molar-refractivity contribution is 0.142. The molecule has 136 valence electrons. The van der Waals surface area contributed by atoms with Crippen LogP contribution in [0.3, 0.4) is 0 Å². The molecule has 0 saturated carbocycles.